The minimum atomic E-state index is -0.589. The number of hydrogen-bond donors (Lipinski definition) is 2. The van der Waals surface area contributed by atoms with Gasteiger partial charge in [0.15, 0.2) is 5.78 Å². The molecule has 2 aromatic carbocycles. The van der Waals surface area contributed by atoms with Gasteiger partial charge in [-0.05, 0) is 30.8 Å². The second-order valence-corrected chi connectivity index (χ2v) is 9.71. The highest BCUT2D eigenvalue weighted by Crippen LogP contribution is 2.28. The van der Waals surface area contributed by atoms with Crippen LogP contribution in [0.15, 0.2) is 42.5 Å². The van der Waals surface area contributed by atoms with Crippen molar-refractivity contribution in [1.29, 1.82) is 0 Å². The maximum atomic E-state index is 15.1. The highest BCUT2D eigenvalue weighted by Gasteiger charge is 2.33. The molecule has 0 aromatic heterocycles. The molecule has 39 heavy (non-hydrogen) atoms. The van der Waals surface area contributed by atoms with Gasteiger partial charge in [-0.2, -0.15) is 0 Å². The minimum Gasteiger partial charge on any atom is -0.442 e. The maximum Gasteiger partial charge on any atom is 0.414 e. The summed E-state index contributed by atoms with van der Waals surface area (Å²) in [6, 6.07) is 12.0. The largest absolute Gasteiger partial charge is 0.442 e. The van der Waals surface area contributed by atoms with E-state index in [-0.39, 0.29) is 43.5 Å². The summed E-state index contributed by atoms with van der Waals surface area (Å²) in [5, 5.41) is 5.67. The van der Waals surface area contributed by atoms with Crippen LogP contribution in [0.1, 0.15) is 35.7 Å². The second-order valence-electron chi connectivity index (χ2n) is 9.71. The van der Waals surface area contributed by atoms with Crippen LogP contribution in [0.2, 0.25) is 0 Å². The SMILES string of the molecule is CNCc1ccc(C(=O)CCC(=O)N2CCN(c3ccc(N4C[C@H](CNC(C)=O)OC4=O)cc3F)CC2)cc1. The van der Waals surface area contributed by atoms with Gasteiger partial charge < -0.3 is 25.2 Å². The molecule has 0 bridgehead atoms. The van der Waals surface area contributed by atoms with Gasteiger partial charge in [-0.3, -0.25) is 19.3 Å². The Morgan fingerprint density at radius 3 is 2.38 bits per heavy atom. The summed E-state index contributed by atoms with van der Waals surface area (Å²) >= 11 is 0. The Morgan fingerprint density at radius 2 is 1.74 bits per heavy atom. The van der Waals surface area contributed by atoms with Crippen molar-refractivity contribution in [2.24, 2.45) is 0 Å². The molecule has 10 nitrogen and oxygen atoms in total. The van der Waals surface area contributed by atoms with Gasteiger partial charge in [-0.25, -0.2) is 9.18 Å². The van der Waals surface area contributed by atoms with Crippen LogP contribution in [-0.2, 0) is 20.9 Å². The summed E-state index contributed by atoms with van der Waals surface area (Å²) in [5.74, 6) is -0.853. The second kappa shape index (κ2) is 12.7. The molecule has 2 saturated heterocycles. The monoisotopic (exact) mass is 539 g/mol. The lowest BCUT2D eigenvalue weighted by atomic mass is 10.0. The van der Waals surface area contributed by atoms with Gasteiger partial charge in [0.05, 0.1) is 24.5 Å². The van der Waals surface area contributed by atoms with Crippen molar-refractivity contribution in [1.82, 2.24) is 15.5 Å². The van der Waals surface area contributed by atoms with Gasteiger partial charge in [0.25, 0.3) is 0 Å². The fraction of sp³-hybridized carbons (Fsp3) is 0.429. The number of rotatable bonds is 10. The molecule has 0 unspecified atom stereocenters. The predicted molar refractivity (Wildman–Crippen MR) is 144 cm³/mol. The molecule has 0 saturated carbocycles. The van der Waals surface area contributed by atoms with Crippen LogP contribution in [0.5, 0.6) is 0 Å². The highest BCUT2D eigenvalue weighted by atomic mass is 19.1. The molecule has 2 aliphatic rings. The van der Waals surface area contributed by atoms with Crippen LogP contribution in [0, 0.1) is 5.82 Å². The van der Waals surface area contributed by atoms with E-state index in [2.05, 4.69) is 10.6 Å². The zero-order valence-electron chi connectivity index (χ0n) is 22.2. The molecule has 208 valence electrons. The van der Waals surface area contributed by atoms with Gasteiger partial charge >= 0.3 is 6.09 Å². The predicted octanol–water partition coefficient (Wildman–Crippen LogP) is 2.32. The Morgan fingerprint density at radius 1 is 1.03 bits per heavy atom. The maximum absolute atomic E-state index is 15.1. The molecule has 0 aliphatic carbocycles. The highest BCUT2D eigenvalue weighted by molar-refractivity contribution is 5.98. The van der Waals surface area contributed by atoms with Gasteiger partial charge in [0, 0.05) is 58.1 Å². The minimum absolute atomic E-state index is 0.0662. The van der Waals surface area contributed by atoms with Crippen LogP contribution in [0.3, 0.4) is 0 Å². The Bertz CT molecular complexity index is 1210. The van der Waals surface area contributed by atoms with Crippen molar-refractivity contribution in [3.63, 3.8) is 0 Å². The van der Waals surface area contributed by atoms with Crippen LogP contribution in [0.25, 0.3) is 0 Å². The summed E-state index contributed by atoms with van der Waals surface area (Å²) in [6.07, 6.45) is -0.817. The van der Waals surface area contributed by atoms with E-state index in [9.17, 15) is 19.2 Å². The van der Waals surface area contributed by atoms with Gasteiger partial charge in [0.2, 0.25) is 11.8 Å². The number of Topliss-reactive ketones (excluding diaryl/α,β-unsaturated/α-hetero) is 1. The Hall–Kier alpha value is -3.99. The third-order valence-electron chi connectivity index (χ3n) is 6.89. The van der Waals surface area contributed by atoms with E-state index in [1.165, 1.54) is 17.9 Å². The summed E-state index contributed by atoms with van der Waals surface area (Å²) < 4.78 is 20.3. The quantitative estimate of drug-likeness (QED) is 0.446. The van der Waals surface area contributed by atoms with Crippen LogP contribution in [0.4, 0.5) is 20.6 Å². The third kappa shape index (κ3) is 7.11. The molecule has 2 aliphatic heterocycles. The van der Waals surface area contributed by atoms with E-state index in [0.29, 0.717) is 43.1 Å². The summed E-state index contributed by atoms with van der Waals surface area (Å²) in [7, 11) is 1.86. The fourth-order valence-corrected chi connectivity index (χ4v) is 4.75. The molecular formula is C28H34FN5O5. The fourth-order valence-electron chi connectivity index (χ4n) is 4.75. The lowest BCUT2D eigenvalue weighted by molar-refractivity contribution is -0.131. The Kier molecular flexibility index (Phi) is 9.13. The number of halogens is 1. The van der Waals surface area contributed by atoms with Crippen molar-refractivity contribution in [3.8, 4) is 0 Å². The lowest BCUT2D eigenvalue weighted by Crippen LogP contribution is -2.49. The average molecular weight is 540 g/mol. The Balaban J connectivity index is 1.26. The van der Waals surface area contributed by atoms with Crippen LogP contribution < -0.4 is 20.4 Å². The molecule has 0 radical (unpaired) electrons. The van der Waals surface area contributed by atoms with E-state index in [4.69, 9.17) is 4.74 Å². The number of amides is 3. The average Bonchev–Trinajstić information content (AvgIpc) is 3.31. The van der Waals surface area contributed by atoms with Crippen LogP contribution >= 0.6 is 0 Å². The summed E-state index contributed by atoms with van der Waals surface area (Å²) in [6.45, 7) is 4.27. The van der Waals surface area contributed by atoms with Gasteiger partial charge in [0.1, 0.15) is 11.9 Å². The first-order valence-corrected chi connectivity index (χ1v) is 13.1. The Labute approximate surface area is 227 Å². The molecule has 4 rings (SSSR count). The number of ether oxygens (including phenoxy) is 1. The van der Waals surface area contributed by atoms with E-state index in [1.54, 1.807) is 29.2 Å². The number of carbonyl (C=O) groups excluding carboxylic acids is 4. The van der Waals surface area contributed by atoms with Crippen molar-refractivity contribution in [2.75, 3.05) is 56.1 Å². The van der Waals surface area contributed by atoms with E-state index >= 15 is 4.39 Å². The number of benzene rings is 2. The molecule has 11 heteroatoms. The van der Waals surface area contributed by atoms with E-state index < -0.39 is 18.0 Å². The molecule has 2 aromatic rings. The van der Waals surface area contributed by atoms with E-state index in [0.717, 1.165) is 12.1 Å². The molecule has 2 fully saturated rings. The number of ketones is 1. The molecule has 2 N–H and O–H groups in total. The molecule has 1 atom stereocenters. The number of cyclic esters (lactones) is 1. The standard InChI is InChI=1S/C28H34FN5O5/c1-19(35)31-17-23-18-34(28(38)39-23)22-7-8-25(24(29)15-22)32-11-13-33(14-12-32)27(37)10-9-26(36)21-5-3-20(4-6-21)16-30-2/h3-8,15,23,30H,9-14,16-18H2,1-2H3,(H,31,35)/t23-/m0/s1. The molecule has 0 spiro atoms. The zero-order chi connectivity index (χ0) is 27.9. The lowest BCUT2D eigenvalue weighted by Gasteiger charge is -2.36. The number of piperazine rings is 1. The first-order chi connectivity index (χ1) is 18.7. The molecular weight excluding hydrogens is 505 g/mol. The van der Waals surface area contributed by atoms with Crippen molar-refractivity contribution >= 4 is 35.1 Å². The first kappa shape index (κ1) is 28.0. The van der Waals surface area contributed by atoms with Crippen molar-refractivity contribution in [2.45, 2.75) is 32.4 Å². The van der Waals surface area contributed by atoms with Crippen molar-refractivity contribution in [3.05, 3.63) is 59.4 Å². The first-order valence-electron chi connectivity index (χ1n) is 13.1. The number of anilines is 2. The summed E-state index contributed by atoms with van der Waals surface area (Å²) in [4.78, 5) is 53.5. The zero-order valence-corrected chi connectivity index (χ0v) is 22.2. The smallest absolute Gasteiger partial charge is 0.414 e. The molecule has 2 heterocycles. The third-order valence-corrected chi connectivity index (χ3v) is 6.89. The van der Waals surface area contributed by atoms with Gasteiger partial charge in [-0.1, -0.05) is 24.3 Å². The summed E-state index contributed by atoms with van der Waals surface area (Å²) in [5.41, 5.74) is 2.45. The molecule has 3 amide bonds. The normalized spacial score (nSPS) is 17.3. The topological polar surface area (TPSA) is 111 Å². The number of hydrogen-bond acceptors (Lipinski definition) is 7. The van der Waals surface area contributed by atoms with Crippen molar-refractivity contribution < 1.29 is 28.3 Å². The number of nitrogens with zero attached hydrogens (tertiary/aromatic N) is 3. The van der Waals surface area contributed by atoms with E-state index in [1.807, 2.05) is 24.1 Å². The van der Waals surface area contributed by atoms with Crippen LogP contribution in [-0.4, -0.2) is 81.0 Å². The number of nitrogens with one attached hydrogen (secondary N) is 2. The van der Waals surface area contributed by atoms with Gasteiger partial charge in [-0.15, -0.1) is 0 Å². The number of carbonyl (C=O) groups is 4.